The van der Waals surface area contributed by atoms with Gasteiger partial charge in [0.15, 0.2) is 11.5 Å². The SMILES string of the molecule is O=C(c1cn[nH]c1)N(c1ccc2c(c1)OC(F)(F)O2)c1ccc([C@H]2CNCCO2)cc1F. The second-order valence-electron chi connectivity index (χ2n) is 7.20. The molecule has 8 nitrogen and oxygen atoms in total. The fraction of sp³-hybridized carbons (Fsp3) is 0.238. The molecule has 2 aliphatic rings. The van der Waals surface area contributed by atoms with Gasteiger partial charge >= 0.3 is 6.29 Å². The van der Waals surface area contributed by atoms with Crippen LogP contribution in [0.4, 0.5) is 24.5 Å². The smallest absolute Gasteiger partial charge is 0.395 e. The number of amides is 1. The zero-order valence-corrected chi connectivity index (χ0v) is 16.5. The van der Waals surface area contributed by atoms with Crippen LogP contribution < -0.4 is 19.7 Å². The highest BCUT2D eigenvalue weighted by molar-refractivity contribution is 6.10. The highest BCUT2D eigenvalue weighted by atomic mass is 19.3. The Bertz CT molecular complexity index is 1150. The van der Waals surface area contributed by atoms with Gasteiger partial charge in [-0.1, -0.05) is 6.07 Å². The minimum Gasteiger partial charge on any atom is -0.395 e. The first-order chi connectivity index (χ1) is 15.4. The number of nitrogens with zero attached hydrogens (tertiary/aromatic N) is 2. The molecule has 166 valence electrons. The molecule has 3 heterocycles. The Morgan fingerprint density at radius 1 is 1.16 bits per heavy atom. The Kier molecular flexibility index (Phi) is 4.98. The first kappa shape index (κ1) is 20.3. The Morgan fingerprint density at radius 2 is 2.00 bits per heavy atom. The number of hydrogen-bond acceptors (Lipinski definition) is 6. The number of fused-ring (bicyclic) bond motifs is 1. The molecule has 0 aliphatic carbocycles. The number of carbonyl (C=O) groups excluding carboxylic acids is 1. The molecule has 2 aromatic carbocycles. The van der Waals surface area contributed by atoms with E-state index in [1.807, 2.05) is 0 Å². The van der Waals surface area contributed by atoms with Gasteiger partial charge in [0.25, 0.3) is 5.91 Å². The number of alkyl halides is 2. The van der Waals surface area contributed by atoms with Crippen LogP contribution in [0.15, 0.2) is 48.8 Å². The number of benzene rings is 2. The number of carbonyl (C=O) groups is 1. The normalized spacial score (nSPS) is 19.0. The number of H-pyrrole nitrogens is 1. The van der Waals surface area contributed by atoms with Gasteiger partial charge in [-0.05, 0) is 29.8 Å². The van der Waals surface area contributed by atoms with Gasteiger partial charge in [-0.15, -0.1) is 8.78 Å². The van der Waals surface area contributed by atoms with Crippen molar-refractivity contribution in [1.82, 2.24) is 15.5 Å². The number of morpholine rings is 1. The number of nitrogens with one attached hydrogen (secondary N) is 2. The molecule has 0 bridgehead atoms. The lowest BCUT2D eigenvalue weighted by Crippen LogP contribution is -2.33. The maximum absolute atomic E-state index is 15.3. The molecule has 2 aliphatic heterocycles. The van der Waals surface area contributed by atoms with Crippen molar-refractivity contribution in [3.05, 3.63) is 65.7 Å². The molecule has 3 aromatic rings. The van der Waals surface area contributed by atoms with Crippen LogP contribution in [-0.4, -0.2) is 42.1 Å². The Balaban J connectivity index is 1.55. The molecule has 0 spiro atoms. The highest BCUT2D eigenvalue weighted by Gasteiger charge is 2.43. The molecule has 1 atom stereocenters. The summed E-state index contributed by atoms with van der Waals surface area (Å²) >= 11 is 0. The number of halogens is 3. The van der Waals surface area contributed by atoms with Crippen LogP contribution in [-0.2, 0) is 4.74 Å². The summed E-state index contributed by atoms with van der Waals surface area (Å²) in [5.74, 6) is -1.76. The van der Waals surface area contributed by atoms with Crippen molar-refractivity contribution in [3.8, 4) is 11.5 Å². The summed E-state index contributed by atoms with van der Waals surface area (Å²) in [6.07, 6.45) is -1.51. The van der Waals surface area contributed by atoms with E-state index in [9.17, 15) is 13.6 Å². The molecule has 0 unspecified atom stereocenters. The number of aromatic nitrogens is 2. The summed E-state index contributed by atoms with van der Waals surface area (Å²) in [5, 5.41) is 9.46. The van der Waals surface area contributed by atoms with E-state index in [4.69, 9.17) is 4.74 Å². The maximum atomic E-state index is 15.3. The van der Waals surface area contributed by atoms with Crippen molar-refractivity contribution < 1.29 is 32.2 Å². The third-order valence-corrected chi connectivity index (χ3v) is 5.10. The van der Waals surface area contributed by atoms with Crippen molar-refractivity contribution in [2.45, 2.75) is 12.4 Å². The van der Waals surface area contributed by atoms with Gasteiger partial charge in [0.1, 0.15) is 5.82 Å². The van der Waals surface area contributed by atoms with Gasteiger partial charge in [-0.25, -0.2) is 4.39 Å². The number of aromatic amines is 1. The van der Waals surface area contributed by atoms with Crippen LogP contribution in [0.25, 0.3) is 0 Å². The van der Waals surface area contributed by atoms with E-state index in [0.29, 0.717) is 25.3 Å². The lowest BCUT2D eigenvalue weighted by molar-refractivity contribution is -0.286. The fourth-order valence-corrected chi connectivity index (χ4v) is 3.62. The van der Waals surface area contributed by atoms with Crippen LogP contribution in [0.3, 0.4) is 0 Å². The summed E-state index contributed by atoms with van der Waals surface area (Å²) in [5.41, 5.74) is 0.795. The van der Waals surface area contributed by atoms with Gasteiger partial charge < -0.3 is 19.5 Å². The largest absolute Gasteiger partial charge is 0.586 e. The van der Waals surface area contributed by atoms with E-state index < -0.39 is 18.0 Å². The third-order valence-electron chi connectivity index (χ3n) is 5.10. The first-order valence-electron chi connectivity index (χ1n) is 9.76. The standard InChI is InChI=1S/C21H17F3N4O4/c22-15-7-12(19-11-25-5-6-30-19)1-3-16(15)28(20(29)13-9-26-27-10-13)14-2-4-17-18(8-14)32-21(23,24)31-17/h1-4,7-10,19,25H,5-6,11H2,(H,26,27)/t19-/m1/s1. The summed E-state index contributed by atoms with van der Waals surface area (Å²) in [6.45, 7) is 1.75. The minimum atomic E-state index is -3.82. The lowest BCUT2D eigenvalue weighted by Gasteiger charge is -2.26. The van der Waals surface area contributed by atoms with Crippen LogP contribution >= 0.6 is 0 Å². The third kappa shape index (κ3) is 3.76. The van der Waals surface area contributed by atoms with Crippen molar-refractivity contribution in [1.29, 1.82) is 0 Å². The van der Waals surface area contributed by atoms with Gasteiger partial charge in [-0.2, -0.15) is 5.10 Å². The molecular weight excluding hydrogens is 429 g/mol. The monoisotopic (exact) mass is 446 g/mol. The van der Waals surface area contributed by atoms with Crippen molar-refractivity contribution in [2.75, 3.05) is 24.6 Å². The first-order valence-corrected chi connectivity index (χ1v) is 9.76. The van der Waals surface area contributed by atoms with Gasteiger partial charge in [0.2, 0.25) is 0 Å². The van der Waals surface area contributed by atoms with E-state index in [0.717, 1.165) is 4.90 Å². The number of anilines is 2. The average Bonchev–Trinajstić information content (AvgIpc) is 3.42. The molecule has 32 heavy (non-hydrogen) atoms. The Hall–Kier alpha value is -3.57. The molecule has 5 rings (SSSR count). The molecule has 1 saturated heterocycles. The summed E-state index contributed by atoms with van der Waals surface area (Å²) in [6, 6.07) is 8.18. The van der Waals surface area contributed by atoms with Crippen LogP contribution in [0.1, 0.15) is 22.0 Å². The van der Waals surface area contributed by atoms with E-state index in [2.05, 4.69) is 25.0 Å². The quantitative estimate of drug-likeness (QED) is 0.638. The second kappa shape index (κ2) is 7.84. The predicted octanol–water partition coefficient (Wildman–Crippen LogP) is 3.51. The van der Waals surface area contributed by atoms with Crippen molar-refractivity contribution in [2.24, 2.45) is 0 Å². The van der Waals surface area contributed by atoms with Crippen molar-refractivity contribution in [3.63, 3.8) is 0 Å². The topological polar surface area (TPSA) is 88.7 Å². The van der Waals surface area contributed by atoms with E-state index in [1.165, 1.54) is 42.7 Å². The Labute approximate surface area is 179 Å². The molecule has 2 N–H and O–H groups in total. The van der Waals surface area contributed by atoms with E-state index >= 15 is 4.39 Å². The summed E-state index contributed by atoms with van der Waals surface area (Å²) in [7, 11) is 0. The number of rotatable bonds is 4. The molecule has 0 saturated carbocycles. The summed E-state index contributed by atoms with van der Waals surface area (Å²) < 4.78 is 56.7. The lowest BCUT2D eigenvalue weighted by atomic mass is 10.1. The maximum Gasteiger partial charge on any atom is 0.586 e. The van der Waals surface area contributed by atoms with Crippen LogP contribution in [0.5, 0.6) is 11.5 Å². The highest BCUT2D eigenvalue weighted by Crippen LogP contribution is 2.44. The molecule has 1 amide bonds. The zero-order chi connectivity index (χ0) is 22.3. The van der Waals surface area contributed by atoms with Gasteiger partial charge in [0.05, 0.1) is 35.8 Å². The number of hydrogen-bond donors (Lipinski definition) is 2. The van der Waals surface area contributed by atoms with Gasteiger partial charge in [-0.3, -0.25) is 14.8 Å². The van der Waals surface area contributed by atoms with Crippen molar-refractivity contribution >= 4 is 17.3 Å². The molecule has 0 radical (unpaired) electrons. The minimum absolute atomic E-state index is 0.0747. The zero-order valence-electron chi connectivity index (χ0n) is 16.5. The summed E-state index contributed by atoms with van der Waals surface area (Å²) in [4.78, 5) is 14.3. The Morgan fingerprint density at radius 3 is 2.72 bits per heavy atom. The number of ether oxygens (including phenoxy) is 3. The van der Waals surface area contributed by atoms with Crippen LogP contribution in [0, 0.1) is 5.82 Å². The van der Waals surface area contributed by atoms with E-state index in [-0.39, 0.29) is 34.5 Å². The fourth-order valence-electron chi connectivity index (χ4n) is 3.62. The molecule has 1 aromatic heterocycles. The van der Waals surface area contributed by atoms with Crippen LogP contribution in [0.2, 0.25) is 0 Å². The van der Waals surface area contributed by atoms with Gasteiger partial charge in [0, 0.05) is 25.4 Å². The molecule has 11 heteroatoms. The predicted molar refractivity (Wildman–Crippen MR) is 106 cm³/mol. The second-order valence-corrected chi connectivity index (χ2v) is 7.20. The molecular formula is C21H17F3N4O4. The average molecular weight is 446 g/mol. The molecule has 1 fully saturated rings. The van der Waals surface area contributed by atoms with E-state index in [1.54, 1.807) is 6.07 Å².